The molecule has 0 aliphatic carbocycles. The quantitative estimate of drug-likeness (QED) is 0.770. The van der Waals surface area contributed by atoms with Gasteiger partial charge in [-0.15, -0.1) is 0 Å². The van der Waals surface area contributed by atoms with Crippen LogP contribution in [0.3, 0.4) is 0 Å². The standard InChI is InChI=1S/C14H18N6O/c15-12-13(17-8-11-2-1-7-21-11)18-9-19-14(12)20-10-3-5-16-6-4-10/h3-6,9,11H,1-2,7-8,15H2,(H2,16,17,18,19,20). The lowest BCUT2D eigenvalue weighted by Crippen LogP contribution is -2.20. The first kappa shape index (κ1) is 13.6. The van der Waals surface area contributed by atoms with Crippen LogP contribution in [-0.2, 0) is 4.74 Å². The van der Waals surface area contributed by atoms with E-state index >= 15 is 0 Å². The van der Waals surface area contributed by atoms with Crippen LogP contribution in [0.4, 0.5) is 23.0 Å². The molecule has 1 fully saturated rings. The smallest absolute Gasteiger partial charge is 0.159 e. The summed E-state index contributed by atoms with van der Waals surface area (Å²) in [5.41, 5.74) is 7.48. The fourth-order valence-corrected chi connectivity index (χ4v) is 2.22. The predicted molar refractivity (Wildman–Crippen MR) is 81.4 cm³/mol. The van der Waals surface area contributed by atoms with Gasteiger partial charge in [-0.2, -0.15) is 0 Å². The van der Waals surface area contributed by atoms with Crippen molar-refractivity contribution in [2.45, 2.75) is 18.9 Å². The van der Waals surface area contributed by atoms with Crippen molar-refractivity contribution in [3.05, 3.63) is 30.9 Å². The van der Waals surface area contributed by atoms with Crippen molar-refractivity contribution in [1.29, 1.82) is 0 Å². The van der Waals surface area contributed by atoms with E-state index in [4.69, 9.17) is 10.5 Å². The topological polar surface area (TPSA) is 98.0 Å². The minimum absolute atomic E-state index is 0.232. The van der Waals surface area contributed by atoms with Crippen molar-refractivity contribution in [2.75, 3.05) is 29.5 Å². The molecule has 110 valence electrons. The molecule has 0 spiro atoms. The summed E-state index contributed by atoms with van der Waals surface area (Å²) in [7, 11) is 0. The number of rotatable bonds is 5. The molecule has 0 bridgehead atoms. The zero-order valence-corrected chi connectivity index (χ0v) is 11.6. The summed E-state index contributed by atoms with van der Waals surface area (Å²) in [5.74, 6) is 1.20. The number of nitrogens with one attached hydrogen (secondary N) is 2. The Hall–Kier alpha value is -2.41. The van der Waals surface area contributed by atoms with Crippen molar-refractivity contribution in [2.24, 2.45) is 0 Å². The molecule has 3 rings (SSSR count). The molecule has 1 saturated heterocycles. The van der Waals surface area contributed by atoms with Crippen LogP contribution in [0.5, 0.6) is 0 Å². The lowest BCUT2D eigenvalue weighted by atomic mass is 10.2. The molecular formula is C14H18N6O. The molecule has 21 heavy (non-hydrogen) atoms. The Labute approximate surface area is 123 Å². The third-order valence-electron chi connectivity index (χ3n) is 3.35. The highest BCUT2D eigenvalue weighted by Crippen LogP contribution is 2.25. The number of nitrogens with zero attached hydrogens (tertiary/aromatic N) is 3. The molecule has 1 aliphatic heterocycles. The third-order valence-corrected chi connectivity index (χ3v) is 3.35. The van der Waals surface area contributed by atoms with E-state index in [2.05, 4.69) is 25.6 Å². The number of hydrogen-bond donors (Lipinski definition) is 3. The molecule has 1 unspecified atom stereocenters. The zero-order valence-electron chi connectivity index (χ0n) is 11.6. The highest BCUT2D eigenvalue weighted by Gasteiger charge is 2.16. The lowest BCUT2D eigenvalue weighted by molar-refractivity contribution is 0.120. The van der Waals surface area contributed by atoms with Gasteiger partial charge in [0.05, 0.1) is 6.10 Å². The van der Waals surface area contributed by atoms with E-state index in [1.807, 2.05) is 12.1 Å². The average molecular weight is 286 g/mol. The number of nitrogen functional groups attached to an aromatic ring is 1. The summed E-state index contributed by atoms with van der Waals surface area (Å²) >= 11 is 0. The second-order valence-electron chi connectivity index (χ2n) is 4.86. The van der Waals surface area contributed by atoms with E-state index < -0.39 is 0 Å². The van der Waals surface area contributed by atoms with Crippen LogP contribution in [-0.4, -0.2) is 34.2 Å². The highest BCUT2D eigenvalue weighted by atomic mass is 16.5. The Bertz CT molecular complexity index is 585. The van der Waals surface area contributed by atoms with Crippen molar-refractivity contribution < 1.29 is 4.74 Å². The number of nitrogens with two attached hydrogens (primary N) is 1. The molecule has 4 N–H and O–H groups in total. The van der Waals surface area contributed by atoms with Crippen LogP contribution in [0.15, 0.2) is 30.9 Å². The Balaban J connectivity index is 1.69. The van der Waals surface area contributed by atoms with Crippen LogP contribution < -0.4 is 16.4 Å². The number of anilines is 4. The maximum absolute atomic E-state index is 6.11. The SMILES string of the molecule is Nc1c(NCC2CCCO2)ncnc1Nc1ccncc1. The molecular weight excluding hydrogens is 268 g/mol. The predicted octanol–water partition coefficient (Wildman–Crippen LogP) is 1.79. The van der Waals surface area contributed by atoms with Crippen molar-refractivity contribution in [1.82, 2.24) is 15.0 Å². The van der Waals surface area contributed by atoms with Gasteiger partial charge in [0.25, 0.3) is 0 Å². The first-order chi connectivity index (χ1) is 10.3. The van der Waals surface area contributed by atoms with Crippen LogP contribution in [0.25, 0.3) is 0 Å². The third kappa shape index (κ3) is 3.38. The summed E-state index contributed by atoms with van der Waals surface area (Å²) in [6.45, 7) is 1.54. The summed E-state index contributed by atoms with van der Waals surface area (Å²) in [5, 5.41) is 6.38. The Kier molecular flexibility index (Phi) is 4.11. The molecule has 7 heteroatoms. The van der Waals surface area contributed by atoms with Gasteiger partial charge in [-0.25, -0.2) is 9.97 Å². The fraction of sp³-hybridized carbons (Fsp3) is 0.357. The van der Waals surface area contributed by atoms with Gasteiger partial charge in [0.2, 0.25) is 0 Å². The Morgan fingerprint density at radius 3 is 2.81 bits per heavy atom. The normalized spacial score (nSPS) is 17.6. The second-order valence-corrected chi connectivity index (χ2v) is 4.86. The van der Waals surface area contributed by atoms with Crippen molar-refractivity contribution in [3.8, 4) is 0 Å². The van der Waals surface area contributed by atoms with Crippen LogP contribution in [0.1, 0.15) is 12.8 Å². The maximum atomic E-state index is 6.11. The Morgan fingerprint density at radius 1 is 1.24 bits per heavy atom. The molecule has 1 aliphatic rings. The molecule has 1 atom stereocenters. The van der Waals surface area contributed by atoms with Crippen LogP contribution in [0.2, 0.25) is 0 Å². The highest BCUT2D eigenvalue weighted by molar-refractivity contribution is 5.77. The first-order valence-electron chi connectivity index (χ1n) is 6.96. The van der Waals surface area contributed by atoms with E-state index in [0.29, 0.717) is 23.9 Å². The van der Waals surface area contributed by atoms with E-state index in [0.717, 1.165) is 25.1 Å². The van der Waals surface area contributed by atoms with Gasteiger partial charge in [0.1, 0.15) is 12.0 Å². The molecule has 0 aromatic carbocycles. The molecule has 0 radical (unpaired) electrons. The van der Waals surface area contributed by atoms with Gasteiger partial charge in [0.15, 0.2) is 11.6 Å². The van der Waals surface area contributed by atoms with Gasteiger partial charge >= 0.3 is 0 Å². The van der Waals surface area contributed by atoms with Gasteiger partial charge in [-0.05, 0) is 25.0 Å². The number of ether oxygens (including phenoxy) is 1. The Morgan fingerprint density at radius 2 is 2.05 bits per heavy atom. The first-order valence-corrected chi connectivity index (χ1v) is 6.96. The second kappa shape index (κ2) is 6.36. The lowest BCUT2D eigenvalue weighted by Gasteiger charge is -2.14. The van der Waals surface area contributed by atoms with Crippen molar-refractivity contribution in [3.63, 3.8) is 0 Å². The number of hydrogen-bond acceptors (Lipinski definition) is 7. The molecule has 0 saturated carbocycles. The number of pyridine rings is 1. The minimum Gasteiger partial charge on any atom is -0.393 e. The monoisotopic (exact) mass is 286 g/mol. The molecule has 7 nitrogen and oxygen atoms in total. The van der Waals surface area contributed by atoms with Gasteiger partial charge < -0.3 is 21.1 Å². The van der Waals surface area contributed by atoms with Gasteiger partial charge in [-0.1, -0.05) is 0 Å². The zero-order chi connectivity index (χ0) is 14.5. The van der Waals surface area contributed by atoms with E-state index in [1.54, 1.807) is 12.4 Å². The summed E-state index contributed by atoms with van der Waals surface area (Å²) in [6.07, 6.45) is 7.31. The van der Waals surface area contributed by atoms with Crippen molar-refractivity contribution >= 4 is 23.0 Å². The summed E-state index contributed by atoms with van der Waals surface area (Å²) in [6, 6.07) is 3.70. The van der Waals surface area contributed by atoms with E-state index in [-0.39, 0.29) is 6.10 Å². The maximum Gasteiger partial charge on any atom is 0.159 e. The largest absolute Gasteiger partial charge is 0.393 e. The van der Waals surface area contributed by atoms with E-state index in [1.165, 1.54) is 6.33 Å². The van der Waals surface area contributed by atoms with Gasteiger partial charge in [-0.3, -0.25) is 4.98 Å². The summed E-state index contributed by atoms with van der Waals surface area (Å²) in [4.78, 5) is 12.3. The van der Waals surface area contributed by atoms with Crippen LogP contribution in [0, 0.1) is 0 Å². The van der Waals surface area contributed by atoms with Crippen LogP contribution >= 0.6 is 0 Å². The van der Waals surface area contributed by atoms with E-state index in [9.17, 15) is 0 Å². The molecule has 3 heterocycles. The summed E-state index contributed by atoms with van der Waals surface area (Å²) < 4.78 is 5.57. The fourth-order valence-electron chi connectivity index (χ4n) is 2.22. The molecule has 2 aromatic heterocycles. The van der Waals surface area contributed by atoms with Gasteiger partial charge in [0, 0.05) is 31.2 Å². The minimum atomic E-state index is 0.232. The number of aromatic nitrogens is 3. The molecule has 0 amide bonds. The average Bonchev–Trinajstić information content (AvgIpc) is 3.03. The molecule has 2 aromatic rings.